The largest absolute Gasteiger partial charge is 0.307 e. The van der Waals surface area contributed by atoms with Gasteiger partial charge in [0.1, 0.15) is 12.1 Å². The molecule has 1 aromatic heterocycles. The number of hydrogen-bond donors (Lipinski definition) is 1. The molecule has 1 aliphatic rings. The summed E-state index contributed by atoms with van der Waals surface area (Å²) in [7, 11) is 0. The van der Waals surface area contributed by atoms with E-state index in [0.717, 1.165) is 30.9 Å². The van der Waals surface area contributed by atoms with E-state index in [4.69, 9.17) is 11.6 Å². The molecule has 0 amide bonds. The number of aromatic nitrogens is 3. The molecular weight excluding hydrogens is 255 g/mol. The van der Waals surface area contributed by atoms with Crippen molar-refractivity contribution < 1.29 is 4.39 Å². The fourth-order valence-corrected chi connectivity index (χ4v) is 2.40. The van der Waals surface area contributed by atoms with Crippen LogP contribution in [0.5, 0.6) is 0 Å². The zero-order valence-corrected chi connectivity index (χ0v) is 10.4. The second-order valence-electron chi connectivity index (χ2n) is 4.31. The van der Waals surface area contributed by atoms with Gasteiger partial charge in [0.2, 0.25) is 0 Å². The number of rotatable bonds is 2. The predicted molar refractivity (Wildman–Crippen MR) is 66.3 cm³/mol. The molecule has 2 heterocycles. The molecule has 1 atom stereocenters. The highest BCUT2D eigenvalue weighted by Gasteiger charge is 2.22. The average molecular weight is 267 g/mol. The third-order valence-corrected chi connectivity index (χ3v) is 3.42. The quantitative estimate of drug-likeness (QED) is 0.908. The SMILES string of the molecule is Fc1ccc(-n2cnnc2C2CCCN2)cc1Cl. The minimum Gasteiger partial charge on any atom is -0.307 e. The molecule has 1 aromatic carbocycles. The number of nitrogens with one attached hydrogen (secondary N) is 1. The van der Waals surface area contributed by atoms with Gasteiger partial charge >= 0.3 is 0 Å². The molecule has 1 N–H and O–H groups in total. The summed E-state index contributed by atoms with van der Waals surface area (Å²) < 4.78 is 15.0. The van der Waals surface area contributed by atoms with Gasteiger partial charge in [-0.15, -0.1) is 10.2 Å². The van der Waals surface area contributed by atoms with Crippen LogP contribution in [0, 0.1) is 5.82 Å². The number of halogens is 2. The molecule has 0 radical (unpaired) electrons. The first kappa shape index (κ1) is 11.6. The van der Waals surface area contributed by atoms with Crippen molar-refractivity contribution in [1.82, 2.24) is 20.1 Å². The van der Waals surface area contributed by atoms with Gasteiger partial charge in [0.15, 0.2) is 5.82 Å². The normalized spacial score (nSPS) is 19.3. The Hall–Kier alpha value is -1.46. The molecule has 1 unspecified atom stereocenters. The topological polar surface area (TPSA) is 42.7 Å². The van der Waals surface area contributed by atoms with E-state index in [1.165, 1.54) is 6.07 Å². The van der Waals surface area contributed by atoms with Crippen LogP contribution in [0.3, 0.4) is 0 Å². The molecular formula is C12H12ClFN4. The molecule has 0 bridgehead atoms. The molecule has 6 heteroatoms. The van der Waals surface area contributed by atoms with Gasteiger partial charge in [-0.05, 0) is 37.6 Å². The Labute approximate surface area is 109 Å². The highest BCUT2D eigenvalue weighted by Crippen LogP contribution is 2.25. The molecule has 0 aliphatic carbocycles. The maximum Gasteiger partial charge on any atom is 0.154 e. The minimum atomic E-state index is -0.422. The maximum atomic E-state index is 13.2. The van der Waals surface area contributed by atoms with Gasteiger partial charge in [0.05, 0.1) is 16.8 Å². The van der Waals surface area contributed by atoms with Crippen molar-refractivity contribution in [3.63, 3.8) is 0 Å². The van der Waals surface area contributed by atoms with E-state index >= 15 is 0 Å². The lowest BCUT2D eigenvalue weighted by Gasteiger charge is -2.12. The van der Waals surface area contributed by atoms with E-state index in [0.29, 0.717) is 0 Å². The lowest BCUT2D eigenvalue weighted by atomic mass is 10.2. The summed E-state index contributed by atoms with van der Waals surface area (Å²) in [5, 5.41) is 11.5. The van der Waals surface area contributed by atoms with Crippen molar-refractivity contribution in [3.05, 3.63) is 41.2 Å². The van der Waals surface area contributed by atoms with Crippen molar-refractivity contribution in [2.45, 2.75) is 18.9 Å². The minimum absolute atomic E-state index is 0.103. The zero-order chi connectivity index (χ0) is 12.5. The standard InChI is InChI=1S/C12H12ClFN4/c13-9-6-8(3-4-10(9)14)18-7-16-17-12(18)11-2-1-5-15-11/h3-4,6-7,11,15H,1-2,5H2. The Morgan fingerprint density at radius 1 is 1.44 bits per heavy atom. The fraction of sp³-hybridized carbons (Fsp3) is 0.333. The maximum absolute atomic E-state index is 13.2. The number of benzene rings is 1. The smallest absolute Gasteiger partial charge is 0.154 e. The first-order valence-corrected chi connectivity index (χ1v) is 6.22. The van der Waals surface area contributed by atoms with Gasteiger partial charge in [0.25, 0.3) is 0 Å². The molecule has 4 nitrogen and oxygen atoms in total. The van der Waals surface area contributed by atoms with Crippen LogP contribution in [-0.2, 0) is 0 Å². The van der Waals surface area contributed by atoms with Crippen LogP contribution in [0.25, 0.3) is 5.69 Å². The van der Waals surface area contributed by atoms with E-state index in [1.807, 2.05) is 4.57 Å². The third kappa shape index (κ3) is 2.00. The summed E-state index contributed by atoms with van der Waals surface area (Å²) in [6.45, 7) is 0.988. The predicted octanol–water partition coefficient (Wildman–Crippen LogP) is 2.48. The van der Waals surface area contributed by atoms with E-state index in [9.17, 15) is 4.39 Å². The summed E-state index contributed by atoms with van der Waals surface area (Å²) in [6, 6.07) is 4.81. The van der Waals surface area contributed by atoms with Gasteiger partial charge in [-0.25, -0.2) is 4.39 Å². The van der Waals surface area contributed by atoms with Crippen LogP contribution in [-0.4, -0.2) is 21.3 Å². The zero-order valence-electron chi connectivity index (χ0n) is 9.61. The Morgan fingerprint density at radius 3 is 3.06 bits per heavy atom. The first-order valence-electron chi connectivity index (χ1n) is 5.84. The van der Waals surface area contributed by atoms with Crippen LogP contribution in [0.4, 0.5) is 4.39 Å². The first-order chi connectivity index (χ1) is 8.75. The molecule has 2 aromatic rings. The molecule has 3 rings (SSSR count). The van der Waals surface area contributed by atoms with Crippen LogP contribution in [0.15, 0.2) is 24.5 Å². The highest BCUT2D eigenvalue weighted by molar-refractivity contribution is 6.30. The van der Waals surface area contributed by atoms with Crippen molar-refractivity contribution in [3.8, 4) is 5.69 Å². The number of nitrogens with zero attached hydrogens (tertiary/aromatic N) is 3. The van der Waals surface area contributed by atoms with Crippen molar-refractivity contribution in [2.75, 3.05) is 6.54 Å². The van der Waals surface area contributed by atoms with Crippen LogP contribution >= 0.6 is 11.6 Å². The Bertz CT molecular complexity index is 563. The fourth-order valence-electron chi connectivity index (χ4n) is 2.22. The van der Waals surface area contributed by atoms with Crippen LogP contribution in [0.1, 0.15) is 24.7 Å². The molecule has 18 heavy (non-hydrogen) atoms. The Kier molecular flexibility index (Phi) is 3.01. The average Bonchev–Trinajstić information content (AvgIpc) is 3.00. The summed E-state index contributed by atoms with van der Waals surface area (Å²) in [5.74, 6) is 0.421. The van der Waals surface area contributed by atoms with E-state index in [2.05, 4.69) is 15.5 Å². The molecule has 1 fully saturated rings. The van der Waals surface area contributed by atoms with E-state index in [-0.39, 0.29) is 11.1 Å². The van der Waals surface area contributed by atoms with Gasteiger partial charge in [0, 0.05) is 0 Å². The van der Waals surface area contributed by atoms with Crippen LogP contribution in [0.2, 0.25) is 5.02 Å². The van der Waals surface area contributed by atoms with Crippen molar-refractivity contribution in [1.29, 1.82) is 0 Å². The summed E-state index contributed by atoms with van der Waals surface area (Å²) in [4.78, 5) is 0. The molecule has 0 spiro atoms. The number of hydrogen-bond acceptors (Lipinski definition) is 3. The van der Waals surface area contributed by atoms with Gasteiger partial charge < -0.3 is 5.32 Å². The third-order valence-electron chi connectivity index (χ3n) is 3.13. The second-order valence-corrected chi connectivity index (χ2v) is 4.71. The Morgan fingerprint density at radius 2 is 2.33 bits per heavy atom. The van der Waals surface area contributed by atoms with E-state index in [1.54, 1.807) is 18.5 Å². The molecule has 94 valence electrons. The summed E-state index contributed by atoms with van der Waals surface area (Å²) in [6.07, 6.45) is 3.79. The second kappa shape index (κ2) is 4.66. The molecule has 1 saturated heterocycles. The van der Waals surface area contributed by atoms with Gasteiger partial charge in [-0.3, -0.25) is 4.57 Å². The summed E-state index contributed by atoms with van der Waals surface area (Å²) in [5.41, 5.74) is 0.773. The van der Waals surface area contributed by atoms with E-state index < -0.39 is 5.82 Å². The molecule has 1 aliphatic heterocycles. The van der Waals surface area contributed by atoms with Gasteiger partial charge in [-0.2, -0.15) is 0 Å². The lowest BCUT2D eigenvalue weighted by Crippen LogP contribution is -2.17. The summed E-state index contributed by atoms with van der Waals surface area (Å²) >= 11 is 5.80. The van der Waals surface area contributed by atoms with Gasteiger partial charge in [-0.1, -0.05) is 11.6 Å². The van der Waals surface area contributed by atoms with Crippen LogP contribution < -0.4 is 5.32 Å². The van der Waals surface area contributed by atoms with Crippen molar-refractivity contribution >= 4 is 11.6 Å². The molecule has 0 saturated carbocycles. The Balaban J connectivity index is 2.00. The highest BCUT2D eigenvalue weighted by atomic mass is 35.5. The monoisotopic (exact) mass is 266 g/mol. The van der Waals surface area contributed by atoms with Crippen molar-refractivity contribution in [2.24, 2.45) is 0 Å². The lowest BCUT2D eigenvalue weighted by molar-refractivity contribution is 0.591.